The molecule has 0 aliphatic heterocycles. The van der Waals surface area contributed by atoms with Gasteiger partial charge in [0.05, 0.1) is 10.5 Å². The van der Waals surface area contributed by atoms with Crippen LogP contribution in [-0.4, -0.2) is 13.4 Å². The molecule has 0 radical (unpaired) electrons. The molecule has 0 saturated heterocycles. The molecule has 27 heavy (non-hydrogen) atoms. The lowest BCUT2D eigenvalue weighted by molar-refractivity contribution is 0.472. The Hall–Kier alpha value is -2.96. The molecule has 0 atom stereocenters. The first-order valence-corrected chi connectivity index (χ1v) is 10.2. The van der Waals surface area contributed by atoms with Gasteiger partial charge in [-0.25, -0.2) is 17.8 Å². The Bertz CT molecular complexity index is 1110. The second-order valence-electron chi connectivity index (χ2n) is 5.42. The van der Waals surface area contributed by atoms with Crippen LogP contribution < -0.4 is 9.46 Å². The minimum Gasteiger partial charge on any atom is -0.456 e. The van der Waals surface area contributed by atoms with E-state index in [0.29, 0.717) is 17.7 Å². The lowest BCUT2D eigenvalue weighted by atomic mass is 10.1. The first-order chi connectivity index (χ1) is 12.9. The van der Waals surface area contributed by atoms with E-state index in [1.54, 1.807) is 5.38 Å². The SMILES string of the molecule is CCc1cc(F)ccc1Oc1ccc(S(=O)(=O)Nc2nccs2)cc1C#N. The number of anilines is 1. The van der Waals surface area contributed by atoms with Crippen LogP contribution >= 0.6 is 11.3 Å². The van der Waals surface area contributed by atoms with Crippen molar-refractivity contribution in [3.8, 4) is 17.6 Å². The van der Waals surface area contributed by atoms with Crippen LogP contribution in [0.1, 0.15) is 18.1 Å². The molecule has 6 nitrogen and oxygen atoms in total. The molecule has 0 amide bonds. The molecule has 2 aromatic carbocycles. The third kappa shape index (κ3) is 4.24. The maximum atomic E-state index is 13.4. The van der Waals surface area contributed by atoms with E-state index < -0.39 is 10.0 Å². The largest absolute Gasteiger partial charge is 0.456 e. The van der Waals surface area contributed by atoms with Crippen molar-refractivity contribution in [3.63, 3.8) is 0 Å². The van der Waals surface area contributed by atoms with Crippen molar-refractivity contribution >= 4 is 26.5 Å². The van der Waals surface area contributed by atoms with Crippen molar-refractivity contribution in [2.45, 2.75) is 18.2 Å². The Kier molecular flexibility index (Phi) is 5.39. The summed E-state index contributed by atoms with van der Waals surface area (Å²) in [4.78, 5) is 3.79. The van der Waals surface area contributed by atoms with Gasteiger partial charge in [-0.2, -0.15) is 5.26 Å². The van der Waals surface area contributed by atoms with Gasteiger partial charge < -0.3 is 4.74 Å². The van der Waals surface area contributed by atoms with Crippen molar-refractivity contribution in [2.75, 3.05) is 4.72 Å². The highest BCUT2D eigenvalue weighted by atomic mass is 32.2. The molecule has 3 aromatic rings. The fourth-order valence-corrected chi connectivity index (χ4v) is 4.16. The minimum absolute atomic E-state index is 0.0448. The van der Waals surface area contributed by atoms with Gasteiger partial charge in [0, 0.05) is 11.6 Å². The van der Waals surface area contributed by atoms with Gasteiger partial charge in [0.1, 0.15) is 23.4 Å². The molecule has 0 spiro atoms. The molecule has 0 aliphatic carbocycles. The number of aryl methyl sites for hydroxylation is 1. The highest BCUT2D eigenvalue weighted by Gasteiger charge is 2.18. The summed E-state index contributed by atoms with van der Waals surface area (Å²) in [5.74, 6) is 0.216. The number of nitrogens with one attached hydrogen (secondary N) is 1. The van der Waals surface area contributed by atoms with Crippen LogP contribution in [0.5, 0.6) is 11.5 Å². The van der Waals surface area contributed by atoms with Crippen LogP contribution in [0.15, 0.2) is 52.9 Å². The van der Waals surface area contributed by atoms with E-state index in [-0.39, 0.29) is 27.2 Å². The van der Waals surface area contributed by atoms with E-state index in [9.17, 15) is 18.1 Å². The Balaban J connectivity index is 1.92. The van der Waals surface area contributed by atoms with Crippen molar-refractivity contribution < 1.29 is 17.5 Å². The fraction of sp³-hybridized carbons (Fsp3) is 0.111. The summed E-state index contributed by atoms with van der Waals surface area (Å²) < 4.78 is 46.3. The number of sulfonamides is 1. The van der Waals surface area contributed by atoms with Gasteiger partial charge in [-0.3, -0.25) is 4.72 Å². The maximum absolute atomic E-state index is 13.4. The maximum Gasteiger partial charge on any atom is 0.263 e. The minimum atomic E-state index is -3.88. The summed E-state index contributed by atoms with van der Waals surface area (Å²) in [6.07, 6.45) is 2.02. The number of rotatable bonds is 6. The van der Waals surface area contributed by atoms with Crippen LogP contribution in [0.4, 0.5) is 9.52 Å². The number of nitriles is 1. The predicted octanol–water partition coefficient (Wildman–Crippen LogP) is 4.31. The molecule has 9 heteroatoms. The molecule has 1 aromatic heterocycles. The molecule has 1 N–H and O–H groups in total. The molecular formula is C18H14FN3O3S2. The lowest BCUT2D eigenvalue weighted by Gasteiger charge is -2.12. The van der Waals surface area contributed by atoms with Gasteiger partial charge in [-0.15, -0.1) is 11.3 Å². The zero-order valence-corrected chi connectivity index (χ0v) is 15.8. The van der Waals surface area contributed by atoms with Crippen molar-refractivity contribution in [1.82, 2.24) is 4.98 Å². The molecule has 0 bridgehead atoms. The highest BCUT2D eigenvalue weighted by molar-refractivity contribution is 7.93. The summed E-state index contributed by atoms with van der Waals surface area (Å²) in [6.45, 7) is 1.85. The molecule has 3 rings (SSSR count). The molecule has 0 fully saturated rings. The van der Waals surface area contributed by atoms with E-state index in [4.69, 9.17) is 4.74 Å². The Morgan fingerprint density at radius 1 is 1.26 bits per heavy atom. The van der Waals surface area contributed by atoms with Crippen LogP contribution in [0.25, 0.3) is 0 Å². The average Bonchev–Trinajstić information content (AvgIpc) is 3.15. The van der Waals surface area contributed by atoms with E-state index in [0.717, 1.165) is 11.3 Å². The van der Waals surface area contributed by atoms with Gasteiger partial charge in [-0.1, -0.05) is 6.92 Å². The number of nitrogens with zero attached hydrogens (tertiary/aromatic N) is 2. The first-order valence-electron chi connectivity index (χ1n) is 7.85. The van der Waals surface area contributed by atoms with Crippen LogP contribution in [-0.2, 0) is 16.4 Å². The predicted molar refractivity (Wildman–Crippen MR) is 99.9 cm³/mol. The zero-order chi connectivity index (χ0) is 19.4. The second kappa shape index (κ2) is 7.73. The topological polar surface area (TPSA) is 92.1 Å². The molecule has 0 aliphatic rings. The summed E-state index contributed by atoms with van der Waals surface area (Å²) in [6, 6.07) is 9.99. The Morgan fingerprint density at radius 2 is 2.04 bits per heavy atom. The van der Waals surface area contributed by atoms with E-state index in [1.807, 2.05) is 13.0 Å². The number of aromatic nitrogens is 1. The van der Waals surface area contributed by atoms with Crippen LogP contribution in [0.3, 0.4) is 0 Å². The van der Waals surface area contributed by atoms with Crippen molar-refractivity contribution in [1.29, 1.82) is 5.26 Å². The van der Waals surface area contributed by atoms with E-state index in [2.05, 4.69) is 9.71 Å². The van der Waals surface area contributed by atoms with Gasteiger partial charge in [0.15, 0.2) is 5.13 Å². The fourth-order valence-electron chi connectivity index (χ4n) is 2.34. The third-order valence-corrected chi connectivity index (χ3v) is 5.81. The van der Waals surface area contributed by atoms with Crippen molar-refractivity contribution in [3.05, 3.63) is 64.9 Å². The molecular weight excluding hydrogens is 389 g/mol. The molecule has 138 valence electrons. The summed E-state index contributed by atoms with van der Waals surface area (Å²) >= 11 is 1.14. The average molecular weight is 403 g/mol. The quantitative estimate of drug-likeness (QED) is 0.662. The first kappa shape index (κ1) is 18.8. The lowest BCUT2D eigenvalue weighted by Crippen LogP contribution is -2.13. The standard InChI is InChI=1S/C18H14FN3O3S2/c1-2-12-9-14(19)3-5-16(12)25-17-6-4-15(10-13(17)11-20)27(23,24)22-18-21-7-8-26-18/h3-10H,2H2,1H3,(H,21,22). The van der Waals surface area contributed by atoms with Crippen molar-refractivity contribution in [2.24, 2.45) is 0 Å². The number of hydrogen-bond acceptors (Lipinski definition) is 6. The Labute approximate surface area is 159 Å². The van der Waals surface area contributed by atoms with Gasteiger partial charge in [0.2, 0.25) is 0 Å². The second-order valence-corrected chi connectivity index (χ2v) is 8.00. The highest BCUT2D eigenvalue weighted by Crippen LogP contribution is 2.31. The van der Waals surface area contributed by atoms with Crippen LogP contribution in [0.2, 0.25) is 0 Å². The third-order valence-electron chi connectivity index (χ3n) is 3.66. The van der Waals surface area contributed by atoms with Gasteiger partial charge in [0.25, 0.3) is 10.0 Å². The number of thiazole rings is 1. The Morgan fingerprint density at radius 3 is 2.70 bits per heavy atom. The molecule has 0 saturated carbocycles. The zero-order valence-electron chi connectivity index (χ0n) is 14.1. The summed E-state index contributed by atoms with van der Waals surface area (Å²) in [5, 5.41) is 11.3. The van der Waals surface area contributed by atoms with Gasteiger partial charge in [-0.05, 0) is 48.4 Å². The normalized spacial score (nSPS) is 11.0. The van der Waals surface area contributed by atoms with E-state index in [1.165, 1.54) is 42.6 Å². The smallest absolute Gasteiger partial charge is 0.263 e. The van der Waals surface area contributed by atoms with Gasteiger partial charge >= 0.3 is 0 Å². The van der Waals surface area contributed by atoms with Crippen LogP contribution in [0, 0.1) is 17.1 Å². The summed E-state index contributed by atoms with van der Waals surface area (Å²) in [5.41, 5.74) is 0.685. The monoisotopic (exact) mass is 403 g/mol. The number of hydrogen-bond donors (Lipinski definition) is 1. The summed E-state index contributed by atoms with van der Waals surface area (Å²) in [7, 11) is -3.88. The number of benzene rings is 2. The molecule has 1 heterocycles. The number of ether oxygens (including phenoxy) is 1. The number of halogens is 1. The van der Waals surface area contributed by atoms with E-state index >= 15 is 0 Å². The molecule has 0 unspecified atom stereocenters.